The molecule has 1 aliphatic heterocycles. The van der Waals surface area contributed by atoms with Gasteiger partial charge in [0.1, 0.15) is 0 Å². The van der Waals surface area contributed by atoms with Crippen molar-refractivity contribution in [1.82, 2.24) is 10.2 Å². The lowest BCUT2D eigenvalue weighted by Gasteiger charge is -2.36. The van der Waals surface area contributed by atoms with E-state index >= 15 is 0 Å². The maximum atomic E-state index is 5.62. The van der Waals surface area contributed by atoms with Crippen molar-refractivity contribution in [2.75, 3.05) is 26.7 Å². The Kier molecular flexibility index (Phi) is 3.88. The van der Waals surface area contributed by atoms with Crippen LogP contribution < -0.4 is 5.32 Å². The van der Waals surface area contributed by atoms with Crippen LogP contribution in [0.15, 0.2) is 0 Å². The Hall–Kier alpha value is -0.120. The first-order valence-electron chi connectivity index (χ1n) is 6.64. The fourth-order valence-electron chi connectivity index (χ4n) is 3.23. The molecule has 2 unspecified atom stereocenters. The van der Waals surface area contributed by atoms with E-state index in [4.69, 9.17) is 4.74 Å². The third-order valence-corrected chi connectivity index (χ3v) is 4.01. The minimum Gasteiger partial charge on any atom is -0.380 e. The molecule has 1 saturated heterocycles. The number of nitrogens with one attached hydrogen (secondary N) is 1. The van der Waals surface area contributed by atoms with E-state index in [1.165, 1.54) is 32.2 Å². The normalized spacial score (nSPS) is 36.2. The summed E-state index contributed by atoms with van der Waals surface area (Å²) in [5.41, 5.74) is 0.247. The van der Waals surface area contributed by atoms with Gasteiger partial charge >= 0.3 is 0 Å². The summed E-state index contributed by atoms with van der Waals surface area (Å²) in [7, 11) is 1.87. The molecule has 2 rings (SSSR count). The molecule has 3 nitrogen and oxygen atoms in total. The molecule has 0 aromatic heterocycles. The predicted octanol–water partition coefficient (Wildman–Crippen LogP) is 1.63. The highest BCUT2D eigenvalue weighted by molar-refractivity contribution is 4.92. The van der Waals surface area contributed by atoms with E-state index in [2.05, 4.69) is 24.1 Å². The lowest BCUT2D eigenvalue weighted by Crippen LogP contribution is -2.51. The molecule has 0 aromatic rings. The van der Waals surface area contributed by atoms with E-state index in [0.29, 0.717) is 12.1 Å². The molecular formula is C13H26N2O. The van der Waals surface area contributed by atoms with Crippen molar-refractivity contribution >= 4 is 0 Å². The van der Waals surface area contributed by atoms with Gasteiger partial charge < -0.3 is 10.1 Å². The fourth-order valence-corrected chi connectivity index (χ4v) is 3.23. The molecule has 1 aliphatic carbocycles. The van der Waals surface area contributed by atoms with E-state index in [1.807, 2.05) is 7.11 Å². The monoisotopic (exact) mass is 226 g/mol. The van der Waals surface area contributed by atoms with Crippen molar-refractivity contribution in [2.45, 2.75) is 57.2 Å². The molecule has 0 aromatic carbocycles. The first-order chi connectivity index (χ1) is 7.62. The maximum Gasteiger partial charge on any atom is 0.0726 e. The molecule has 2 fully saturated rings. The minimum atomic E-state index is 0.247. The number of methoxy groups -OCH3 is 1. The summed E-state index contributed by atoms with van der Waals surface area (Å²) in [5.74, 6) is 0. The van der Waals surface area contributed by atoms with E-state index < -0.39 is 0 Å². The van der Waals surface area contributed by atoms with Crippen LogP contribution in [-0.4, -0.2) is 49.3 Å². The van der Waals surface area contributed by atoms with E-state index in [9.17, 15) is 0 Å². The van der Waals surface area contributed by atoms with Gasteiger partial charge in [0.25, 0.3) is 0 Å². The fraction of sp³-hybridized carbons (Fsp3) is 1.00. The standard InChI is InChI=1S/C13H26N2O/c1-13(2)10-15(9-5-8-14-13)11-6-4-7-12(11)16-3/h11-12,14H,4-10H2,1-3H3. The molecule has 0 amide bonds. The average Bonchev–Trinajstić information content (AvgIpc) is 2.63. The van der Waals surface area contributed by atoms with Gasteiger partial charge in [-0.15, -0.1) is 0 Å². The zero-order valence-corrected chi connectivity index (χ0v) is 11.0. The third kappa shape index (κ3) is 2.76. The van der Waals surface area contributed by atoms with Crippen LogP contribution >= 0.6 is 0 Å². The summed E-state index contributed by atoms with van der Waals surface area (Å²) in [5, 5.41) is 3.62. The van der Waals surface area contributed by atoms with E-state index in [0.717, 1.165) is 13.1 Å². The second-order valence-corrected chi connectivity index (χ2v) is 5.91. The van der Waals surface area contributed by atoms with Crippen LogP contribution in [0.2, 0.25) is 0 Å². The summed E-state index contributed by atoms with van der Waals surface area (Å²) < 4.78 is 5.62. The maximum absolute atomic E-state index is 5.62. The van der Waals surface area contributed by atoms with Gasteiger partial charge in [-0.05, 0) is 52.6 Å². The number of hydrogen-bond donors (Lipinski definition) is 1. The molecule has 3 heteroatoms. The topological polar surface area (TPSA) is 24.5 Å². The molecule has 0 bridgehead atoms. The minimum absolute atomic E-state index is 0.247. The Balaban J connectivity index is 2.01. The van der Waals surface area contributed by atoms with Crippen molar-refractivity contribution in [3.63, 3.8) is 0 Å². The van der Waals surface area contributed by atoms with Gasteiger partial charge in [0.05, 0.1) is 6.10 Å². The van der Waals surface area contributed by atoms with Crippen LogP contribution in [0.3, 0.4) is 0 Å². The number of ether oxygens (including phenoxy) is 1. The first kappa shape index (κ1) is 12.3. The Bertz CT molecular complexity index is 230. The molecule has 16 heavy (non-hydrogen) atoms. The lowest BCUT2D eigenvalue weighted by atomic mass is 10.0. The Labute approximate surface area is 99.5 Å². The van der Waals surface area contributed by atoms with Crippen LogP contribution in [0.25, 0.3) is 0 Å². The van der Waals surface area contributed by atoms with Gasteiger partial charge in [-0.25, -0.2) is 0 Å². The summed E-state index contributed by atoms with van der Waals surface area (Å²) in [6.07, 6.45) is 5.61. The molecule has 1 N–H and O–H groups in total. The van der Waals surface area contributed by atoms with Crippen molar-refractivity contribution in [1.29, 1.82) is 0 Å². The molecule has 1 heterocycles. The highest BCUT2D eigenvalue weighted by atomic mass is 16.5. The van der Waals surface area contributed by atoms with Crippen LogP contribution in [0.5, 0.6) is 0 Å². The summed E-state index contributed by atoms with van der Waals surface area (Å²) in [6.45, 7) is 8.14. The molecule has 94 valence electrons. The summed E-state index contributed by atoms with van der Waals surface area (Å²) in [4.78, 5) is 2.65. The van der Waals surface area contributed by atoms with Crippen molar-refractivity contribution in [3.8, 4) is 0 Å². The average molecular weight is 226 g/mol. The molecule has 2 aliphatic rings. The molecule has 0 radical (unpaired) electrons. The Morgan fingerprint density at radius 2 is 2.06 bits per heavy atom. The second kappa shape index (κ2) is 5.03. The van der Waals surface area contributed by atoms with Crippen molar-refractivity contribution in [3.05, 3.63) is 0 Å². The molecular weight excluding hydrogens is 200 g/mol. The lowest BCUT2D eigenvalue weighted by molar-refractivity contribution is 0.0279. The molecule has 2 atom stereocenters. The summed E-state index contributed by atoms with van der Waals surface area (Å²) in [6, 6.07) is 0.657. The van der Waals surface area contributed by atoms with Crippen LogP contribution in [0.4, 0.5) is 0 Å². The predicted molar refractivity (Wildman–Crippen MR) is 66.7 cm³/mol. The zero-order valence-electron chi connectivity index (χ0n) is 11.0. The van der Waals surface area contributed by atoms with Gasteiger partial charge in [-0.3, -0.25) is 4.90 Å². The Morgan fingerprint density at radius 1 is 1.25 bits per heavy atom. The van der Waals surface area contributed by atoms with Gasteiger partial charge in [-0.2, -0.15) is 0 Å². The zero-order chi connectivity index (χ0) is 11.6. The van der Waals surface area contributed by atoms with Gasteiger partial charge in [0.2, 0.25) is 0 Å². The highest BCUT2D eigenvalue weighted by Gasteiger charge is 2.35. The summed E-state index contributed by atoms with van der Waals surface area (Å²) >= 11 is 0. The van der Waals surface area contributed by atoms with Gasteiger partial charge in [0, 0.05) is 25.2 Å². The van der Waals surface area contributed by atoms with E-state index in [1.54, 1.807) is 0 Å². The van der Waals surface area contributed by atoms with Crippen molar-refractivity contribution < 1.29 is 4.74 Å². The first-order valence-corrected chi connectivity index (χ1v) is 6.64. The van der Waals surface area contributed by atoms with Crippen LogP contribution in [-0.2, 0) is 4.74 Å². The van der Waals surface area contributed by atoms with Crippen LogP contribution in [0.1, 0.15) is 39.5 Å². The van der Waals surface area contributed by atoms with Crippen molar-refractivity contribution in [2.24, 2.45) is 0 Å². The second-order valence-electron chi connectivity index (χ2n) is 5.91. The highest BCUT2D eigenvalue weighted by Crippen LogP contribution is 2.28. The third-order valence-electron chi connectivity index (χ3n) is 4.01. The van der Waals surface area contributed by atoms with Crippen LogP contribution in [0, 0.1) is 0 Å². The van der Waals surface area contributed by atoms with Gasteiger partial charge in [-0.1, -0.05) is 0 Å². The Morgan fingerprint density at radius 3 is 2.81 bits per heavy atom. The SMILES string of the molecule is COC1CCCC1N1CCCNC(C)(C)C1. The quantitative estimate of drug-likeness (QED) is 0.774. The smallest absolute Gasteiger partial charge is 0.0726 e. The number of hydrogen-bond acceptors (Lipinski definition) is 3. The largest absolute Gasteiger partial charge is 0.380 e. The van der Waals surface area contributed by atoms with E-state index in [-0.39, 0.29) is 5.54 Å². The van der Waals surface area contributed by atoms with Gasteiger partial charge in [0.15, 0.2) is 0 Å². The molecule has 1 saturated carbocycles. The number of nitrogens with zero attached hydrogens (tertiary/aromatic N) is 1. The number of rotatable bonds is 2. The molecule has 0 spiro atoms.